The lowest BCUT2D eigenvalue weighted by atomic mass is 9.76. The number of ether oxygens (including phenoxy) is 2. The summed E-state index contributed by atoms with van der Waals surface area (Å²) in [7, 11) is 3.60. The highest BCUT2D eigenvalue weighted by molar-refractivity contribution is 6.38. The van der Waals surface area contributed by atoms with Crippen LogP contribution in [-0.2, 0) is 12.8 Å². The van der Waals surface area contributed by atoms with Crippen molar-refractivity contribution in [2.75, 3.05) is 14.2 Å². The zero-order valence-corrected chi connectivity index (χ0v) is 21.3. The molecule has 2 aliphatic carbocycles. The van der Waals surface area contributed by atoms with Crippen LogP contribution >= 0.6 is 0 Å². The summed E-state index contributed by atoms with van der Waals surface area (Å²) in [6.45, 7) is 0. The predicted octanol–water partition coefficient (Wildman–Crippen LogP) is 8.90. The molecule has 0 bridgehead atoms. The molecule has 0 N–H and O–H groups in total. The summed E-state index contributed by atoms with van der Waals surface area (Å²) < 4.78 is 12.4. The third-order valence-corrected chi connectivity index (χ3v) is 9.02. The Morgan fingerprint density at radius 1 is 0.421 bits per heavy atom. The molecule has 2 heteroatoms. The fourth-order valence-corrected chi connectivity index (χ4v) is 7.50. The van der Waals surface area contributed by atoms with E-state index in [1.807, 2.05) is 0 Å². The van der Waals surface area contributed by atoms with E-state index in [-0.39, 0.29) is 0 Å². The molecule has 0 heterocycles. The van der Waals surface area contributed by atoms with Crippen molar-refractivity contribution in [3.05, 3.63) is 107 Å². The highest BCUT2D eigenvalue weighted by Gasteiger charge is 2.29. The van der Waals surface area contributed by atoms with Crippen molar-refractivity contribution in [3.8, 4) is 33.8 Å². The van der Waals surface area contributed by atoms with Crippen LogP contribution < -0.4 is 9.47 Å². The third kappa shape index (κ3) is 2.35. The van der Waals surface area contributed by atoms with E-state index in [9.17, 15) is 0 Å². The molecule has 0 spiro atoms. The maximum atomic E-state index is 6.20. The average molecular weight is 489 g/mol. The van der Waals surface area contributed by atoms with E-state index in [2.05, 4.69) is 84.9 Å². The smallest absolute Gasteiger partial charge is 0.128 e. The van der Waals surface area contributed by atoms with Gasteiger partial charge in [-0.3, -0.25) is 0 Å². The first kappa shape index (κ1) is 20.5. The zero-order chi connectivity index (χ0) is 25.1. The predicted molar refractivity (Wildman–Crippen MR) is 157 cm³/mol. The van der Waals surface area contributed by atoms with Crippen molar-refractivity contribution in [3.63, 3.8) is 0 Å². The van der Waals surface area contributed by atoms with E-state index in [0.717, 1.165) is 35.1 Å². The Morgan fingerprint density at radius 3 is 1.32 bits per heavy atom. The van der Waals surface area contributed by atoms with Gasteiger partial charge >= 0.3 is 0 Å². The molecule has 38 heavy (non-hydrogen) atoms. The maximum Gasteiger partial charge on any atom is 0.128 e. The van der Waals surface area contributed by atoms with Gasteiger partial charge in [0.1, 0.15) is 11.5 Å². The SMILES string of the molecule is COc1cc2c3c(ccc4c5ccc6c7c(cc(OC)c(c1c34)c75)-c1ccccc1C6)Cc1ccccc1-2. The molecule has 7 aromatic carbocycles. The van der Waals surface area contributed by atoms with Gasteiger partial charge in [0, 0.05) is 21.5 Å². The molecule has 2 nitrogen and oxygen atoms in total. The van der Waals surface area contributed by atoms with Crippen LogP contribution in [0.25, 0.3) is 65.3 Å². The first-order valence-electron chi connectivity index (χ1n) is 13.3. The monoisotopic (exact) mass is 488 g/mol. The van der Waals surface area contributed by atoms with E-state index >= 15 is 0 Å². The Labute approximate surface area is 220 Å². The maximum absolute atomic E-state index is 6.20. The van der Waals surface area contributed by atoms with Gasteiger partial charge in [0.15, 0.2) is 0 Å². The minimum absolute atomic E-state index is 0.906. The van der Waals surface area contributed by atoms with Crippen molar-refractivity contribution in [2.24, 2.45) is 0 Å². The van der Waals surface area contributed by atoms with Crippen molar-refractivity contribution in [2.45, 2.75) is 12.8 Å². The van der Waals surface area contributed by atoms with Gasteiger partial charge in [-0.15, -0.1) is 0 Å². The summed E-state index contributed by atoms with van der Waals surface area (Å²) >= 11 is 0. The summed E-state index contributed by atoms with van der Waals surface area (Å²) in [6, 6.07) is 31.5. The fourth-order valence-electron chi connectivity index (χ4n) is 7.50. The van der Waals surface area contributed by atoms with Crippen LogP contribution in [0.1, 0.15) is 22.3 Å². The molecular weight excluding hydrogens is 464 g/mol. The van der Waals surface area contributed by atoms with Crippen molar-refractivity contribution in [1.82, 2.24) is 0 Å². The molecule has 180 valence electrons. The van der Waals surface area contributed by atoms with Crippen LogP contribution in [-0.4, -0.2) is 14.2 Å². The largest absolute Gasteiger partial charge is 0.496 e. The molecule has 0 aromatic heterocycles. The first-order valence-corrected chi connectivity index (χ1v) is 13.3. The van der Waals surface area contributed by atoms with Gasteiger partial charge < -0.3 is 9.47 Å². The van der Waals surface area contributed by atoms with Crippen molar-refractivity contribution < 1.29 is 9.47 Å². The van der Waals surface area contributed by atoms with Crippen molar-refractivity contribution in [1.29, 1.82) is 0 Å². The molecule has 0 atom stereocenters. The molecular formula is C36H24O2. The Balaban J connectivity index is 1.57. The second-order valence-electron chi connectivity index (χ2n) is 10.7. The Kier molecular flexibility index (Phi) is 3.80. The Morgan fingerprint density at radius 2 is 0.868 bits per heavy atom. The van der Waals surface area contributed by atoms with Crippen LogP contribution in [0.5, 0.6) is 11.5 Å². The van der Waals surface area contributed by atoms with E-state index in [1.165, 1.54) is 76.8 Å². The van der Waals surface area contributed by atoms with E-state index in [4.69, 9.17) is 9.47 Å². The first-order chi connectivity index (χ1) is 18.8. The zero-order valence-electron chi connectivity index (χ0n) is 21.3. The summed E-state index contributed by atoms with van der Waals surface area (Å²) in [6.07, 6.45) is 1.89. The molecule has 0 unspecified atom stereocenters. The Hall–Kier alpha value is -4.56. The quantitative estimate of drug-likeness (QED) is 0.179. The highest BCUT2D eigenvalue weighted by Crippen LogP contribution is 2.55. The minimum atomic E-state index is 0.906. The van der Waals surface area contributed by atoms with Gasteiger partial charge in [0.25, 0.3) is 0 Å². The lowest BCUT2D eigenvalue weighted by Gasteiger charge is -2.28. The molecule has 0 amide bonds. The summed E-state index contributed by atoms with van der Waals surface area (Å²) in [5.74, 6) is 1.81. The molecule has 0 saturated carbocycles. The van der Waals surface area contributed by atoms with Crippen LogP contribution in [0, 0.1) is 0 Å². The number of hydrogen-bond acceptors (Lipinski definition) is 2. The molecule has 7 aromatic rings. The minimum Gasteiger partial charge on any atom is -0.496 e. The normalized spacial score (nSPS) is 13.3. The third-order valence-electron chi connectivity index (χ3n) is 9.02. The standard InChI is InChI=1S/C36H24O2/c1-37-29-17-27-23-9-5-3-7-19(23)15-21-11-13-25-26-14-12-22-16-20-8-4-6-10-24(20)28-18-30(38-2)36(34(26)32(22)28)35(29)33(25)31(21)27/h3-14,17-18H,15-16H2,1-2H3. The lowest BCUT2D eigenvalue weighted by Crippen LogP contribution is -2.05. The molecule has 0 aliphatic heterocycles. The summed E-state index contributed by atoms with van der Waals surface area (Å²) in [4.78, 5) is 0. The summed E-state index contributed by atoms with van der Waals surface area (Å²) in [5.41, 5.74) is 10.6. The number of rotatable bonds is 2. The van der Waals surface area contributed by atoms with E-state index in [0.29, 0.717) is 0 Å². The molecule has 0 fully saturated rings. The number of fused-ring (bicyclic) bond motifs is 6. The van der Waals surface area contributed by atoms with Crippen LogP contribution in [0.4, 0.5) is 0 Å². The highest BCUT2D eigenvalue weighted by atomic mass is 16.5. The average Bonchev–Trinajstić information content (AvgIpc) is 2.97. The molecule has 2 aliphatic rings. The number of methoxy groups -OCH3 is 2. The molecule has 9 rings (SSSR count). The van der Waals surface area contributed by atoms with Crippen LogP contribution in [0.3, 0.4) is 0 Å². The molecule has 0 radical (unpaired) electrons. The van der Waals surface area contributed by atoms with Gasteiger partial charge in [0.2, 0.25) is 0 Å². The lowest BCUT2D eigenvalue weighted by molar-refractivity contribution is 0.417. The van der Waals surface area contributed by atoms with E-state index < -0.39 is 0 Å². The van der Waals surface area contributed by atoms with Gasteiger partial charge in [-0.1, -0.05) is 72.8 Å². The van der Waals surface area contributed by atoms with Crippen molar-refractivity contribution >= 4 is 43.1 Å². The Bertz CT molecular complexity index is 2000. The fraction of sp³-hybridized carbons (Fsp3) is 0.111. The second kappa shape index (κ2) is 7.05. The van der Waals surface area contributed by atoms with Gasteiger partial charge in [-0.2, -0.15) is 0 Å². The van der Waals surface area contributed by atoms with Crippen LogP contribution in [0.2, 0.25) is 0 Å². The van der Waals surface area contributed by atoms with Gasteiger partial charge in [-0.25, -0.2) is 0 Å². The molecule has 0 saturated heterocycles. The summed E-state index contributed by atoms with van der Waals surface area (Å²) in [5, 5.41) is 10.2. The topological polar surface area (TPSA) is 18.5 Å². The number of benzene rings is 7. The second-order valence-corrected chi connectivity index (χ2v) is 10.7. The van der Waals surface area contributed by atoms with Gasteiger partial charge in [0.05, 0.1) is 14.2 Å². The van der Waals surface area contributed by atoms with Gasteiger partial charge in [-0.05, 0) is 91.0 Å². The van der Waals surface area contributed by atoms with Crippen LogP contribution in [0.15, 0.2) is 84.9 Å². The van der Waals surface area contributed by atoms with E-state index in [1.54, 1.807) is 14.2 Å². The number of hydrogen-bond donors (Lipinski definition) is 0.